The fourth-order valence-corrected chi connectivity index (χ4v) is 3.14. The number of methoxy groups -OCH3 is 1. The number of carbonyl (C=O) groups excluding carboxylic acids is 1. The van der Waals surface area contributed by atoms with Crippen molar-refractivity contribution < 1.29 is 9.53 Å². The number of rotatable bonds is 9. The Labute approximate surface area is 169 Å². The average molecular weight is 384 g/mol. The van der Waals surface area contributed by atoms with E-state index in [0.717, 1.165) is 29.1 Å². The molecule has 0 saturated carbocycles. The van der Waals surface area contributed by atoms with Crippen LogP contribution in [-0.4, -0.2) is 56.0 Å². The Balaban J connectivity index is 2.33. The van der Waals surface area contributed by atoms with Crippen molar-refractivity contribution in [3.63, 3.8) is 0 Å². The highest BCUT2D eigenvalue weighted by atomic mass is 16.5. The number of hydrogen-bond acceptors (Lipinski definition) is 4. The fourth-order valence-electron chi connectivity index (χ4n) is 3.14. The molecule has 0 aliphatic carbocycles. The summed E-state index contributed by atoms with van der Waals surface area (Å²) in [4.78, 5) is 16.7. The van der Waals surface area contributed by atoms with Gasteiger partial charge in [0.15, 0.2) is 0 Å². The molecule has 5 heteroatoms. The summed E-state index contributed by atoms with van der Waals surface area (Å²) in [6, 6.07) is 14.1. The first-order chi connectivity index (χ1) is 13.4. The van der Waals surface area contributed by atoms with Gasteiger partial charge in [-0.1, -0.05) is 12.1 Å². The second-order valence-electron chi connectivity index (χ2n) is 7.19. The van der Waals surface area contributed by atoms with E-state index in [0.29, 0.717) is 24.7 Å². The van der Waals surface area contributed by atoms with Crippen molar-refractivity contribution in [1.29, 1.82) is 0 Å². The molecule has 0 fully saturated rings. The summed E-state index contributed by atoms with van der Waals surface area (Å²) >= 11 is 0. The van der Waals surface area contributed by atoms with E-state index < -0.39 is 0 Å². The molecule has 0 bridgehead atoms. The number of nitrogens with zero attached hydrogens (tertiary/aromatic N) is 2. The van der Waals surface area contributed by atoms with Crippen molar-refractivity contribution in [3.05, 3.63) is 53.6 Å². The third kappa shape index (κ3) is 5.26. The zero-order valence-electron chi connectivity index (χ0n) is 18.0. The highest BCUT2D eigenvalue weighted by Crippen LogP contribution is 2.31. The quantitative estimate of drug-likeness (QED) is 0.696. The molecule has 5 nitrogen and oxygen atoms in total. The Kier molecular flexibility index (Phi) is 7.88. The zero-order chi connectivity index (χ0) is 20.7. The predicted molar refractivity (Wildman–Crippen MR) is 117 cm³/mol. The maximum absolute atomic E-state index is 12.7. The molecule has 1 amide bonds. The van der Waals surface area contributed by atoms with Gasteiger partial charge in [-0.05, 0) is 71.6 Å². The number of ether oxygens (including phenoxy) is 1. The average Bonchev–Trinajstić information content (AvgIpc) is 2.70. The maximum Gasteiger partial charge on any atom is 0.253 e. The summed E-state index contributed by atoms with van der Waals surface area (Å²) in [5.74, 6) is 0.926. The first-order valence-corrected chi connectivity index (χ1v) is 9.89. The topological polar surface area (TPSA) is 44.8 Å². The highest BCUT2D eigenvalue weighted by molar-refractivity contribution is 5.95. The lowest BCUT2D eigenvalue weighted by Crippen LogP contribution is -2.30. The summed E-state index contributed by atoms with van der Waals surface area (Å²) in [7, 11) is 5.86. The van der Waals surface area contributed by atoms with E-state index in [1.807, 2.05) is 55.1 Å². The Hall–Kier alpha value is -2.53. The van der Waals surface area contributed by atoms with Gasteiger partial charge in [-0.25, -0.2) is 0 Å². The predicted octanol–water partition coefficient (Wildman–Crippen LogP) is 4.41. The Morgan fingerprint density at radius 2 is 1.79 bits per heavy atom. The summed E-state index contributed by atoms with van der Waals surface area (Å²) < 4.78 is 5.61. The number of carbonyl (C=O) groups is 1. The Bertz CT molecular complexity index is 785. The van der Waals surface area contributed by atoms with Gasteiger partial charge in [0, 0.05) is 41.6 Å². The molecule has 2 aromatic carbocycles. The number of likely N-dealkylation sites (N-methyl/N-ethyl adjacent to an activating group) is 1. The first kappa shape index (κ1) is 21.8. The first-order valence-electron chi connectivity index (χ1n) is 9.89. The van der Waals surface area contributed by atoms with Gasteiger partial charge in [0.1, 0.15) is 5.75 Å². The molecule has 1 unspecified atom stereocenters. The minimum atomic E-state index is 0.0562. The normalized spacial score (nSPS) is 12.0. The minimum absolute atomic E-state index is 0.0562. The summed E-state index contributed by atoms with van der Waals surface area (Å²) in [6.45, 7) is 7.60. The van der Waals surface area contributed by atoms with E-state index >= 15 is 0 Å². The minimum Gasteiger partial charge on any atom is -0.496 e. The molecular weight excluding hydrogens is 350 g/mol. The fraction of sp³-hybridized carbons (Fsp3) is 0.435. The van der Waals surface area contributed by atoms with Crippen LogP contribution in [0, 0.1) is 0 Å². The molecule has 0 radical (unpaired) electrons. The Morgan fingerprint density at radius 1 is 1.11 bits per heavy atom. The van der Waals surface area contributed by atoms with Crippen LogP contribution in [0.5, 0.6) is 5.75 Å². The molecule has 0 aromatic heterocycles. The summed E-state index contributed by atoms with van der Waals surface area (Å²) in [5, 5.41) is 3.49. The van der Waals surface area contributed by atoms with Crippen molar-refractivity contribution in [1.82, 2.24) is 9.80 Å². The van der Waals surface area contributed by atoms with Crippen LogP contribution in [0.1, 0.15) is 36.7 Å². The van der Waals surface area contributed by atoms with Crippen LogP contribution in [0.2, 0.25) is 0 Å². The lowest BCUT2D eigenvalue weighted by molar-refractivity contribution is 0.0773. The molecule has 0 heterocycles. The zero-order valence-corrected chi connectivity index (χ0v) is 18.0. The van der Waals surface area contributed by atoms with Crippen LogP contribution in [0.3, 0.4) is 0 Å². The van der Waals surface area contributed by atoms with E-state index in [1.165, 1.54) is 0 Å². The molecule has 0 saturated heterocycles. The molecule has 0 aliphatic heterocycles. The van der Waals surface area contributed by atoms with E-state index in [-0.39, 0.29) is 5.91 Å². The van der Waals surface area contributed by atoms with Crippen LogP contribution in [0.15, 0.2) is 42.5 Å². The standard InChI is InChI=1S/C23H33N3O2/c1-7-26(8-2)23(27)18-11-9-12-19(16-18)24-21-13-10-14-22(28-6)20(21)15-17(3)25(4)5/h9-14,16-17,24H,7-8,15H2,1-6H3. The molecule has 2 aromatic rings. The molecule has 2 rings (SSSR count). The largest absolute Gasteiger partial charge is 0.496 e. The third-order valence-corrected chi connectivity index (χ3v) is 5.17. The second kappa shape index (κ2) is 10.1. The van der Waals surface area contributed by atoms with Gasteiger partial charge in [-0.15, -0.1) is 0 Å². The number of benzene rings is 2. The van der Waals surface area contributed by atoms with Gasteiger partial charge >= 0.3 is 0 Å². The van der Waals surface area contributed by atoms with Crippen molar-refractivity contribution in [2.24, 2.45) is 0 Å². The number of hydrogen-bond donors (Lipinski definition) is 1. The van der Waals surface area contributed by atoms with Crippen LogP contribution in [0.25, 0.3) is 0 Å². The van der Waals surface area contributed by atoms with E-state index in [9.17, 15) is 4.79 Å². The Morgan fingerprint density at radius 3 is 2.39 bits per heavy atom. The van der Waals surface area contributed by atoms with Crippen LogP contribution >= 0.6 is 0 Å². The number of amides is 1. The molecule has 28 heavy (non-hydrogen) atoms. The smallest absolute Gasteiger partial charge is 0.253 e. The van der Waals surface area contributed by atoms with Crippen LogP contribution in [0.4, 0.5) is 11.4 Å². The van der Waals surface area contributed by atoms with Crippen molar-refractivity contribution >= 4 is 17.3 Å². The van der Waals surface area contributed by atoms with Gasteiger partial charge in [-0.3, -0.25) is 4.79 Å². The molecule has 1 N–H and O–H groups in total. The molecule has 0 spiro atoms. The monoisotopic (exact) mass is 383 g/mol. The number of nitrogens with one attached hydrogen (secondary N) is 1. The maximum atomic E-state index is 12.7. The number of anilines is 2. The lowest BCUT2D eigenvalue weighted by Gasteiger charge is -2.23. The molecule has 152 valence electrons. The van der Waals surface area contributed by atoms with Gasteiger partial charge < -0.3 is 19.9 Å². The van der Waals surface area contributed by atoms with E-state index in [1.54, 1.807) is 7.11 Å². The summed E-state index contributed by atoms with van der Waals surface area (Å²) in [6.07, 6.45) is 0.859. The highest BCUT2D eigenvalue weighted by Gasteiger charge is 2.16. The van der Waals surface area contributed by atoms with Gasteiger partial charge in [-0.2, -0.15) is 0 Å². The molecule has 1 atom stereocenters. The van der Waals surface area contributed by atoms with Gasteiger partial charge in [0.25, 0.3) is 5.91 Å². The van der Waals surface area contributed by atoms with E-state index in [4.69, 9.17) is 4.74 Å². The molecular formula is C23H33N3O2. The van der Waals surface area contributed by atoms with Crippen molar-refractivity contribution in [2.75, 3.05) is 39.6 Å². The van der Waals surface area contributed by atoms with E-state index in [2.05, 4.69) is 37.3 Å². The van der Waals surface area contributed by atoms with Gasteiger partial charge in [0.05, 0.1) is 7.11 Å². The van der Waals surface area contributed by atoms with Gasteiger partial charge in [0.2, 0.25) is 0 Å². The third-order valence-electron chi connectivity index (χ3n) is 5.17. The van der Waals surface area contributed by atoms with Crippen LogP contribution in [-0.2, 0) is 6.42 Å². The van der Waals surface area contributed by atoms with Crippen molar-refractivity contribution in [2.45, 2.75) is 33.2 Å². The second-order valence-corrected chi connectivity index (χ2v) is 7.19. The summed E-state index contributed by atoms with van der Waals surface area (Å²) in [5.41, 5.74) is 3.72. The molecule has 0 aliphatic rings. The SMILES string of the molecule is CCN(CC)C(=O)c1cccc(Nc2cccc(OC)c2CC(C)N(C)C)c1. The van der Waals surface area contributed by atoms with Crippen molar-refractivity contribution in [3.8, 4) is 5.75 Å². The van der Waals surface area contributed by atoms with Crippen LogP contribution < -0.4 is 10.1 Å². The lowest BCUT2D eigenvalue weighted by atomic mass is 10.0.